The average Bonchev–Trinajstić information content (AvgIpc) is 3.47. The number of nitrogen functional groups attached to an aromatic ring is 1. The van der Waals surface area contributed by atoms with E-state index in [0.717, 1.165) is 31.6 Å². The van der Waals surface area contributed by atoms with Crippen molar-refractivity contribution in [2.75, 3.05) is 30.8 Å². The fourth-order valence-corrected chi connectivity index (χ4v) is 4.46. The van der Waals surface area contributed by atoms with E-state index in [1.54, 1.807) is 4.68 Å². The lowest BCUT2D eigenvalue weighted by Crippen LogP contribution is -2.34. The summed E-state index contributed by atoms with van der Waals surface area (Å²) in [6.07, 6.45) is 6.35. The predicted molar refractivity (Wildman–Crippen MR) is 127 cm³/mol. The largest absolute Gasteiger partial charge is 0.494 e. The minimum Gasteiger partial charge on any atom is -0.494 e. The Bertz CT molecular complexity index is 1350. The van der Waals surface area contributed by atoms with Crippen molar-refractivity contribution in [3.63, 3.8) is 0 Å². The quantitative estimate of drug-likeness (QED) is 0.443. The molecule has 10 nitrogen and oxygen atoms in total. The van der Waals surface area contributed by atoms with Crippen LogP contribution in [0.4, 0.5) is 16.0 Å². The number of hydrogen-bond acceptors (Lipinski definition) is 8. The Morgan fingerprint density at radius 3 is 2.91 bits per heavy atom. The third-order valence-electron chi connectivity index (χ3n) is 6.62. The van der Waals surface area contributed by atoms with Crippen molar-refractivity contribution in [1.29, 1.82) is 0 Å². The smallest absolute Gasteiger partial charge is 0.223 e. The minimum absolute atomic E-state index is 0.0771. The summed E-state index contributed by atoms with van der Waals surface area (Å²) < 4.78 is 22.7. The number of ether oxygens (including phenoxy) is 1. The zero-order chi connectivity index (χ0) is 24.0. The number of anilines is 2. The van der Waals surface area contributed by atoms with Gasteiger partial charge in [0.2, 0.25) is 5.95 Å². The maximum atomic E-state index is 14.4. The molecular formula is C23H29FN8O2. The zero-order valence-corrected chi connectivity index (χ0v) is 19.6. The van der Waals surface area contributed by atoms with Gasteiger partial charge in [0.1, 0.15) is 0 Å². The lowest BCUT2D eigenvalue weighted by molar-refractivity contribution is 0.0345. The van der Waals surface area contributed by atoms with E-state index in [4.69, 9.17) is 15.5 Å². The van der Waals surface area contributed by atoms with Crippen molar-refractivity contribution in [2.24, 2.45) is 0 Å². The van der Waals surface area contributed by atoms with Crippen molar-refractivity contribution >= 4 is 28.2 Å². The summed E-state index contributed by atoms with van der Waals surface area (Å²) >= 11 is 0. The molecule has 0 radical (unpaired) electrons. The Morgan fingerprint density at radius 1 is 1.32 bits per heavy atom. The summed E-state index contributed by atoms with van der Waals surface area (Å²) in [5.74, 6) is 0.534. The van der Waals surface area contributed by atoms with Crippen LogP contribution in [0.25, 0.3) is 16.6 Å². The van der Waals surface area contributed by atoms with Crippen LogP contribution >= 0.6 is 0 Å². The van der Waals surface area contributed by atoms with Gasteiger partial charge in [0.05, 0.1) is 36.7 Å². The summed E-state index contributed by atoms with van der Waals surface area (Å²) in [5.41, 5.74) is 7.33. The van der Waals surface area contributed by atoms with E-state index in [2.05, 4.69) is 20.1 Å². The molecule has 0 bridgehead atoms. The fourth-order valence-electron chi connectivity index (χ4n) is 4.46. The normalized spacial score (nSPS) is 18.5. The van der Waals surface area contributed by atoms with E-state index >= 15 is 0 Å². The molecule has 1 unspecified atom stereocenters. The molecule has 3 N–H and O–H groups in total. The number of hydrogen-bond donors (Lipinski definition) is 2. The first-order valence-corrected chi connectivity index (χ1v) is 11.5. The Labute approximate surface area is 196 Å². The third-order valence-corrected chi connectivity index (χ3v) is 6.62. The molecule has 0 amide bonds. The van der Waals surface area contributed by atoms with Crippen LogP contribution in [0.2, 0.25) is 0 Å². The number of piperidine rings is 1. The molecule has 1 fully saturated rings. The van der Waals surface area contributed by atoms with Crippen LogP contribution in [0.1, 0.15) is 44.9 Å². The maximum Gasteiger partial charge on any atom is 0.223 e. The molecule has 11 heteroatoms. The molecule has 5 rings (SSSR count). The van der Waals surface area contributed by atoms with Gasteiger partial charge in [-0.25, -0.2) is 14.4 Å². The van der Waals surface area contributed by atoms with E-state index in [9.17, 15) is 9.50 Å². The van der Waals surface area contributed by atoms with Gasteiger partial charge < -0.3 is 20.5 Å². The highest BCUT2D eigenvalue weighted by atomic mass is 19.1. The second kappa shape index (κ2) is 8.39. The highest BCUT2D eigenvalue weighted by molar-refractivity contribution is 5.93. The maximum absolute atomic E-state index is 14.4. The Hall–Kier alpha value is -3.47. The molecule has 180 valence electrons. The standard InChI is InChI=1S/C23H29FN8O2/c1-4-23(2,33)13-31-12-15(10-26-31)30-7-5-6-14(11-30)20-28-21-16-8-17(24)19(34-3)9-18(16)27-22(25)32(21)29-20/h8-10,12,14,33H,4-7,11,13H2,1-3H3,(H2,25,27)/t14-,23?/m1/s1. The molecule has 2 atom stereocenters. The van der Waals surface area contributed by atoms with Crippen LogP contribution in [0.15, 0.2) is 24.5 Å². The average molecular weight is 469 g/mol. The van der Waals surface area contributed by atoms with Gasteiger partial charge in [-0.2, -0.15) is 9.61 Å². The third kappa shape index (κ3) is 4.00. The van der Waals surface area contributed by atoms with Gasteiger partial charge in [-0.3, -0.25) is 4.68 Å². The van der Waals surface area contributed by atoms with Gasteiger partial charge >= 0.3 is 0 Å². The van der Waals surface area contributed by atoms with Crippen molar-refractivity contribution in [3.8, 4) is 5.75 Å². The summed E-state index contributed by atoms with van der Waals surface area (Å²) in [4.78, 5) is 11.4. The second-order valence-corrected chi connectivity index (χ2v) is 9.21. The number of nitrogens with zero attached hydrogens (tertiary/aromatic N) is 7. The summed E-state index contributed by atoms with van der Waals surface area (Å²) in [6, 6.07) is 2.88. The molecule has 34 heavy (non-hydrogen) atoms. The molecule has 0 saturated carbocycles. The number of rotatable bonds is 6. The first-order chi connectivity index (χ1) is 16.3. The SMILES string of the molecule is CCC(C)(O)Cn1cc(N2CCC[C@@H](c3nc4c5cc(F)c(OC)cc5nc(N)n4n3)C2)cn1. The molecule has 1 aliphatic heterocycles. The van der Waals surface area contributed by atoms with Crippen molar-refractivity contribution in [1.82, 2.24) is 29.4 Å². The van der Waals surface area contributed by atoms with E-state index in [1.165, 1.54) is 23.8 Å². The summed E-state index contributed by atoms with van der Waals surface area (Å²) in [6.45, 7) is 5.83. The van der Waals surface area contributed by atoms with Crippen molar-refractivity contribution < 1.29 is 14.2 Å². The van der Waals surface area contributed by atoms with E-state index in [-0.39, 0.29) is 17.6 Å². The molecule has 1 saturated heterocycles. The first-order valence-electron chi connectivity index (χ1n) is 11.5. The lowest BCUT2D eigenvalue weighted by atomic mass is 9.97. The van der Waals surface area contributed by atoms with Gasteiger partial charge in [-0.1, -0.05) is 6.92 Å². The van der Waals surface area contributed by atoms with Gasteiger partial charge in [-0.15, -0.1) is 5.10 Å². The van der Waals surface area contributed by atoms with Crippen LogP contribution in [0, 0.1) is 5.82 Å². The molecule has 0 aliphatic carbocycles. The number of aliphatic hydroxyl groups is 1. The molecule has 4 heterocycles. The highest BCUT2D eigenvalue weighted by Crippen LogP contribution is 2.31. The lowest BCUT2D eigenvalue weighted by Gasteiger charge is -2.32. The molecule has 3 aromatic heterocycles. The molecular weight excluding hydrogens is 439 g/mol. The number of benzene rings is 1. The molecule has 4 aromatic rings. The summed E-state index contributed by atoms with van der Waals surface area (Å²) in [5, 5.41) is 20.0. The number of halogens is 1. The van der Waals surface area contributed by atoms with Crippen molar-refractivity contribution in [3.05, 3.63) is 36.2 Å². The van der Waals surface area contributed by atoms with Crippen LogP contribution in [-0.2, 0) is 6.54 Å². The van der Waals surface area contributed by atoms with Crippen LogP contribution in [0.3, 0.4) is 0 Å². The van der Waals surface area contributed by atoms with E-state index in [0.29, 0.717) is 35.3 Å². The van der Waals surface area contributed by atoms with Crippen LogP contribution in [-0.4, -0.2) is 60.3 Å². The van der Waals surface area contributed by atoms with Gasteiger partial charge in [0.25, 0.3) is 0 Å². The predicted octanol–water partition coefficient (Wildman–Crippen LogP) is 2.75. The molecule has 1 aromatic carbocycles. The number of methoxy groups -OCH3 is 1. The Kier molecular flexibility index (Phi) is 5.51. The summed E-state index contributed by atoms with van der Waals surface area (Å²) in [7, 11) is 1.41. The van der Waals surface area contributed by atoms with Gasteiger partial charge in [0, 0.05) is 36.7 Å². The Balaban J connectivity index is 1.44. The number of nitrogens with two attached hydrogens (primary N) is 1. The Morgan fingerprint density at radius 2 is 2.15 bits per heavy atom. The zero-order valence-electron chi connectivity index (χ0n) is 19.6. The van der Waals surface area contributed by atoms with Crippen molar-refractivity contribution in [2.45, 2.75) is 51.2 Å². The highest BCUT2D eigenvalue weighted by Gasteiger charge is 2.27. The minimum atomic E-state index is -0.797. The molecule has 1 aliphatic rings. The monoisotopic (exact) mass is 468 g/mol. The topological polar surface area (TPSA) is 120 Å². The fraction of sp³-hybridized carbons (Fsp3) is 0.478. The molecule has 0 spiro atoms. The van der Waals surface area contributed by atoms with Crippen LogP contribution in [0.5, 0.6) is 5.75 Å². The van der Waals surface area contributed by atoms with Gasteiger partial charge in [0.15, 0.2) is 23.0 Å². The van der Waals surface area contributed by atoms with E-state index < -0.39 is 11.4 Å². The van der Waals surface area contributed by atoms with E-state index in [1.807, 2.05) is 26.2 Å². The van der Waals surface area contributed by atoms with Crippen LogP contribution < -0.4 is 15.4 Å². The number of fused-ring (bicyclic) bond motifs is 3. The van der Waals surface area contributed by atoms with Gasteiger partial charge in [-0.05, 0) is 32.3 Å². The second-order valence-electron chi connectivity index (χ2n) is 9.21. The number of aromatic nitrogens is 6. The first kappa shape index (κ1) is 22.3.